The van der Waals surface area contributed by atoms with Crippen molar-refractivity contribution >= 4 is 29.2 Å². The number of rotatable bonds is 12. The summed E-state index contributed by atoms with van der Waals surface area (Å²) in [6.45, 7) is 8.25. The molecule has 0 bridgehead atoms. The van der Waals surface area contributed by atoms with Gasteiger partial charge in [0, 0.05) is 70.0 Å². The Morgan fingerprint density at radius 1 is 1.22 bits per heavy atom. The Labute approximate surface area is 229 Å². The summed E-state index contributed by atoms with van der Waals surface area (Å²) in [6.07, 6.45) is 7.80. The van der Waals surface area contributed by atoms with Crippen molar-refractivity contribution in [1.29, 1.82) is 0 Å². The summed E-state index contributed by atoms with van der Waals surface area (Å²) < 4.78 is 7.44. The van der Waals surface area contributed by atoms with Crippen LogP contribution in [-0.2, 0) is 29.4 Å². The Bertz CT molecular complexity index is 933. The molecule has 1 saturated heterocycles. The summed E-state index contributed by atoms with van der Waals surface area (Å²) in [4.78, 5) is 13.9. The molecule has 0 saturated carbocycles. The normalized spacial score (nSPS) is 16.2. The zero-order valence-corrected chi connectivity index (χ0v) is 24.3. The van der Waals surface area contributed by atoms with Gasteiger partial charge in [-0.25, -0.2) is 0 Å². The monoisotopic (exact) mass is 539 g/mol. The molecule has 1 amide bonds. The number of amides is 1. The Hall–Kier alpha value is -1.64. The van der Waals surface area contributed by atoms with Gasteiger partial charge in [-0.3, -0.25) is 4.79 Å². The molecule has 0 radical (unpaired) electrons. The number of piperidine rings is 1. The van der Waals surface area contributed by atoms with E-state index in [1.54, 1.807) is 18.9 Å². The van der Waals surface area contributed by atoms with Crippen molar-refractivity contribution in [3.05, 3.63) is 35.5 Å². The molecular weight excluding hydrogens is 490 g/mol. The van der Waals surface area contributed by atoms with Crippen LogP contribution in [0.25, 0.3) is 10.9 Å². The number of ether oxygens (including phenoxy) is 1. The molecule has 3 unspecified atom stereocenters. The number of halogens is 1. The van der Waals surface area contributed by atoms with Crippen LogP contribution in [0.3, 0.4) is 0 Å². The number of aliphatic hydroxyl groups excluding tert-OH is 2. The molecule has 212 valence electrons. The Morgan fingerprint density at radius 3 is 2.54 bits per heavy atom. The van der Waals surface area contributed by atoms with E-state index < -0.39 is 6.10 Å². The number of carbonyl (C=O) groups excluding carboxylic acids is 1. The van der Waals surface area contributed by atoms with Gasteiger partial charge in [0.05, 0.1) is 6.10 Å². The minimum absolute atomic E-state index is 0. The molecule has 1 aliphatic rings. The van der Waals surface area contributed by atoms with Crippen molar-refractivity contribution in [2.45, 2.75) is 77.9 Å². The third-order valence-corrected chi connectivity index (χ3v) is 7.27. The van der Waals surface area contributed by atoms with Crippen molar-refractivity contribution in [3.63, 3.8) is 0 Å². The Morgan fingerprint density at radius 2 is 1.92 bits per heavy atom. The van der Waals surface area contributed by atoms with Crippen LogP contribution in [0.15, 0.2) is 24.4 Å². The number of likely N-dealkylation sites (tertiary alicyclic amines) is 1. The third kappa shape index (κ3) is 10.2. The second kappa shape index (κ2) is 17.0. The Kier molecular flexibility index (Phi) is 15.4. The van der Waals surface area contributed by atoms with Gasteiger partial charge in [-0.05, 0) is 80.5 Å². The van der Waals surface area contributed by atoms with Crippen LogP contribution >= 0.6 is 12.4 Å². The van der Waals surface area contributed by atoms with Gasteiger partial charge in [-0.1, -0.05) is 19.9 Å². The third-order valence-electron chi connectivity index (χ3n) is 7.27. The molecule has 8 heteroatoms. The van der Waals surface area contributed by atoms with Crippen LogP contribution in [0, 0.1) is 11.8 Å². The standard InChI is InChI=1S/C27H43N3O3.C2H6O.ClH/c1-19(2)22(16-24(28)26(31)18-30-12-6-5-9-27(30)32)14-20-10-11-25-23(15-20)21(17-29(25)3)8-7-13-33-4;1-2-3;/h10-11,15,17,19,22,24,26,31H,5-9,12-14,16,18,28H2,1-4H3;3H,2H2,1H3;1H. The average Bonchev–Trinajstić information content (AvgIpc) is 3.15. The fourth-order valence-electron chi connectivity index (χ4n) is 5.07. The number of hydrogen-bond acceptors (Lipinski definition) is 5. The van der Waals surface area contributed by atoms with Crippen molar-refractivity contribution in [3.8, 4) is 0 Å². The lowest BCUT2D eigenvalue weighted by Crippen LogP contribution is -2.48. The van der Waals surface area contributed by atoms with Crippen molar-refractivity contribution < 1.29 is 19.7 Å². The number of nitrogens with two attached hydrogens (primary N) is 1. The van der Waals surface area contributed by atoms with Crippen LogP contribution in [0.4, 0.5) is 0 Å². The number of β-amino-alcohol motifs (C(OH)–C–C–N with tert-alkyl or cyclic N) is 1. The van der Waals surface area contributed by atoms with E-state index in [0.29, 0.717) is 24.8 Å². The van der Waals surface area contributed by atoms with Gasteiger partial charge in [-0.2, -0.15) is 0 Å². The molecule has 0 aliphatic carbocycles. The molecule has 4 N–H and O–H groups in total. The largest absolute Gasteiger partial charge is 0.397 e. The number of hydrogen-bond donors (Lipinski definition) is 3. The number of fused-ring (bicyclic) bond motifs is 1. The quantitative estimate of drug-likeness (QED) is 0.353. The first kappa shape index (κ1) is 33.4. The molecule has 1 aliphatic heterocycles. The van der Waals surface area contributed by atoms with Crippen LogP contribution in [0.1, 0.15) is 64.0 Å². The van der Waals surface area contributed by atoms with Crippen LogP contribution in [0.2, 0.25) is 0 Å². The molecule has 2 heterocycles. The zero-order valence-electron chi connectivity index (χ0n) is 23.5. The first-order chi connectivity index (χ1) is 17.2. The minimum Gasteiger partial charge on any atom is -0.397 e. The molecule has 1 fully saturated rings. The molecule has 1 aromatic carbocycles. The predicted octanol–water partition coefficient (Wildman–Crippen LogP) is 4.08. The summed E-state index contributed by atoms with van der Waals surface area (Å²) in [5.74, 6) is 0.961. The lowest BCUT2D eigenvalue weighted by molar-refractivity contribution is -0.135. The summed E-state index contributed by atoms with van der Waals surface area (Å²) >= 11 is 0. The van der Waals surface area contributed by atoms with Gasteiger partial charge in [0.25, 0.3) is 0 Å². The van der Waals surface area contributed by atoms with Gasteiger partial charge in [0.2, 0.25) is 5.91 Å². The lowest BCUT2D eigenvalue weighted by Gasteiger charge is -2.32. The first-order valence-electron chi connectivity index (χ1n) is 13.6. The maximum atomic E-state index is 12.1. The molecule has 3 rings (SSSR count). The number of carbonyl (C=O) groups is 1. The van der Waals surface area contributed by atoms with E-state index in [1.165, 1.54) is 22.0 Å². The number of benzene rings is 1. The SMILES string of the molecule is CCO.COCCCc1cn(C)c2ccc(CC(CC(N)C(O)CN3CCCCC3=O)C(C)C)cc12.Cl. The maximum Gasteiger partial charge on any atom is 0.222 e. The van der Waals surface area contributed by atoms with Gasteiger partial charge in [-0.15, -0.1) is 12.4 Å². The molecular formula is C29H50ClN3O4. The summed E-state index contributed by atoms with van der Waals surface area (Å²) in [7, 11) is 3.85. The van der Waals surface area contributed by atoms with Crippen molar-refractivity contribution in [2.24, 2.45) is 24.6 Å². The summed E-state index contributed by atoms with van der Waals surface area (Å²) in [6, 6.07) is 6.45. The topological polar surface area (TPSA) is 101 Å². The minimum atomic E-state index is -0.683. The van der Waals surface area contributed by atoms with Crippen LogP contribution < -0.4 is 5.73 Å². The fraction of sp³-hybridized carbons (Fsp3) is 0.690. The highest BCUT2D eigenvalue weighted by Gasteiger charge is 2.27. The maximum absolute atomic E-state index is 12.1. The van der Waals surface area contributed by atoms with Crippen LogP contribution in [-0.4, -0.2) is 71.1 Å². The number of aryl methyl sites for hydroxylation is 2. The molecule has 3 atom stereocenters. The second-order valence-corrected chi connectivity index (χ2v) is 10.5. The number of aromatic nitrogens is 1. The van der Waals surface area contributed by atoms with E-state index in [9.17, 15) is 9.90 Å². The highest BCUT2D eigenvalue weighted by Crippen LogP contribution is 2.28. The van der Waals surface area contributed by atoms with E-state index >= 15 is 0 Å². The van der Waals surface area contributed by atoms with Gasteiger partial charge >= 0.3 is 0 Å². The predicted molar refractivity (Wildman–Crippen MR) is 154 cm³/mol. The summed E-state index contributed by atoms with van der Waals surface area (Å²) in [5.41, 5.74) is 10.4. The average molecular weight is 540 g/mol. The van der Waals surface area contributed by atoms with Crippen molar-refractivity contribution in [2.75, 3.05) is 33.4 Å². The highest BCUT2D eigenvalue weighted by atomic mass is 35.5. The Balaban J connectivity index is 0.00000163. The highest BCUT2D eigenvalue weighted by molar-refractivity contribution is 5.85. The molecule has 2 aromatic rings. The molecule has 7 nitrogen and oxygen atoms in total. The van der Waals surface area contributed by atoms with E-state index in [4.69, 9.17) is 15.6 Å². The fourth-order valence-corrected chi connectivity index (χ4v) is 5.07. The number of methoxy groups -OCH3 is 1. The molecule has 37 heavy (non-hydrogen) atoms. The summed E-state index contributed by atoms with van der Waals surface area (Å²) in [5, 5.41) is 19.6. The number of nitrogens with zero attached hydrogens (tertiary/aromatic N) is 2. The van der Waals surface area contributed by atoms with Crippen molar-refractivity contribution in [1.82, 2.24) is 9.47 Å². The smallest absolute Gasteiger partial charge is 0.222 e. The van der Waals surface area contributed by atoms with Gasteiger partial charge < -0.3 is 30.2 Å². The molecule has 0 spiro atoms. The van der Waals surface area contributed by atoms with E-state index in [0.717, 1.165) is 51.7 Å². The van der Waals surface area contributed by atoms with Gasteiger partial charge in [0.1, 0.15) is 0 Å². The lowest BCUT2D eigenvalue weighted by atomic mass is 9.83. The van der Waals surface area contributed by atoms with Gasteiger partial charge in [0.15, 0.2) is 0 Å². The van der Waals surface area contributed by atoms with E-state index in [1.807, 2.05) is 0 Å². The zero-order chi connectivity index (χ0) is 26.7. The first-order valence-corrected chi connectivity index (χ1v) is 13.6. The molecule has 1 aromatic heterocycles. The second-order valence-electron chi connectivity index (χ2n) is 10.5. The number of aliphatic hydroxyl groups is 2. The van der Waals surface area contributed by atoms with Crippen LogP contribution in [0.5, 0.6) is 0 Å². The van der Waals surface area contributed by atoms with E-state index in [2.05, 4.69) is 49.9 Å². The van der Waals surface area contributed by atoms with E-state index in [-0.39, 0.29) is 31.0 Å².